The molecule has 0 radical (unpaired) electrons. The van der Waals surface area contributed by atoms with Gasteiger partial charge in [-0.1, -0.05) is 24.1 Å². The Kier molecular flexibility index (Phi) is 3.77. The van der Waals surface area contributed by atoms with Crippen LogP contribution in [0, 0.1) is 11.8 Å². The van der Waals surface area contributed by atoms with Gasteiger partial charge in [0.2, 0.25) is 0 Å². The lowest BCUT2D eigenvalue weighted by atomic mass is 10.2. The number of thiophene rings is 1. The average molecular weight is 343 g/mol. The molecule has 1 nitrogen and oxygen atoms in total. The average Bonchev–Trinajstić information content (AvgIpc) is 2.83. The van der Waals surface area contributed by atoms with Gasteiger partial charge in [0.25, 0.3) is 0 Å². The zero-order valence-corrected chi connectivity index (χ0v) is 13.2. The predicted molar refractivity (Wildman–Crippen MR) is 88.5 cm³/mol. The molecule has 0 aliphatic carbocycles. The molecule has 0 amide bonds. The Hall–Kier alpha value is -1.76. The van der Waals surface area contributed by atoms with Crippen molar-refractivity contribution in [2.24, 2.45) is 0 Å². The van der Waals surface area contributed by atoms with E-state index >= 15 is 0 Å². The number of benzene rings is 2. The largest absolute Gasteiger partial charge is 0.497 e. The third-order valence-electron chi connectivity index (χ3n) is 2.95. The summed E-state index contributed by atoms with van der Waals surface area (Å²) in [6.07, 6.45) is 0. The number of rotatable bonds is 1. The molecule has 0 saturated heterocycles. The second kappa shape index (κ2) is 5.70. The summed E-state index contributed by atoms with van der Waals surface area (Å²) in [5, 5.41) is 1.22. The number of ether oxygens (including phenoxy) is 1. The van der Waals surface area contributed by atoms with E-state index < -0.39 is 0 Å². The first-order chi connectivity index (χ1) is 9.78. The van der Waals surface area contributed by atoms with Crippen molar-refractivity contribution >= 4 is 37.4 Å². The van der Waals surface area contributed by atoms with Crippen LogP contribution < -0.4 is 4.74 Å². The molecule has 3 heteroatoms. The Balaban J connectivity index is 1.96. The molecule has 0 N–H and O–H groups in total. The van der Waals surface area contributed by atoms with Crippen molar-refractivity contribution in [2.75, 3.05) is 7.11 Å². The highest BCUT2D eigenvalue weighted by Gasteiger charge is 2.06. The predicted octanol–water partition coefficient (Wildman–Crippen LogP) is 5.07. The van der Waals surface area contributed by atoms with Gasteiger partial charge in [0.05, 0.1) is 16.5 Å². The van der Waals surface area contributed by atoms with Crippen LogP contribution in [0.15, 0.2) is 53.0 Å². The van der Waals surface area contributed by atoms with E-state index in [1.165, 1.54) is 10.1 Å². The van der Waals surface area contributed by atoms with Crippen LogP contribution in [0.1, 0.15) is 10.4 Å². The zero-order chi connectivity index (χ0) is 13.9. The lowest BCUT2D eigenvalue weighted by molar-refractivity contribution is 0.415. The van der Waals surface area contributed by atoms with Crippen molar-refractivity contribution in [3.63, 3.8) is 0 Å². The maximum atomic E-state index is 5.14. The molecule has 0 bridgehead atoms. The van der Waals surface area contributed by atoms with Crippen LogP contribution in [0.25, 0.3) is 10.1 Å². The highest BCUT2D eigenvalue weighted by molar-refractivity contribution is 9.10. The standard InChI is InChI=1S/C17H11BrOS/c1-19-13-9-6-12(7-10-13)8-11-16-17(18)14-4-2-3-5-15(14)20-16/h2-7,9-10H,1H3. The molecule has 0 aliphatic rings. The second-order valence-corrected chi connectivity index (χ2v) is 6.07. The van der Waals surface area contributed by atoms with E-state index in [0.29, 0.717) is 0 Å². The van der Waals surface area contributed by atoms with Crippen molar-refractivity contribution in [2.45, 2.75) is 0 Å². The van der Waals surface area contributed by atoms with Gasteiger partial charge in [-0.2, -0.15) is 0 Å². The minimum Gasteiger partial charge on any atom is -0.497 e. The molecular weight excluding hydrogens is 332 g/mol. The third kappa shape index (κ3) is 2.58. The summed E-state index contributed by atoms with van der Waals surface area (Å²) >= 11 is 5.34. The van der Waals surface area contributed by atoms with Gasteiger partial charge < -0.3 is 4.74 Å². The van der Waals surface area contributed by atoms with Gasteiger partial charge in [-0.05, 0) is 52.2 Å². The van der Waals surface area contributed by atoms with E-state index in [0.717, 1.165) is 20.7 Å². The van der Waals surface area contributed by atoms with Crippen LogP contribution in [0.5, 0.6) is 5.75 Å². The molecule has 0 aliphatic heterocycles. The molecule has 98 valence electrons. The van der Waals surface area contributed by atoms with E-state index in [1.54, 1.807) is 18.4 Å². The number of halogens is 1. The van der Waals surface area contributed by atoms with Crippen molar-refractivity contribution in [1.29, 1.82) is 0 Å². The van der Waals surface area contributed by atoms with Crippen LogP contribution in [-0.2, 0) is 0 Å². The molecule has 0 saturated carbocycles. The first-order valence-corrected chi connectivity index (χ1v) is 7.72. The van der Waals surface area contributed by atoms with Gasteiger partial charge in [-0.15, -0.1) is 11.3 Å². The quantitative estimate of drug-likeness (QED) is 0.561. The number of methoxy groups -OCH3 is 1. The summed E-state index contributed by atoms with van der Waals surface area (Å²) in [6, 6.07) is 16.1. The Morgan fingerprint density at radius 2 is 1.75 bits per heavy atom. The highest BCUT2D eigenvalue weighted by atomic mass is 79.9. The maximum Gasteiger partial charge on any atom is 0.118 e. The van der Waals surface area contributed by atoms with Gasteiger partial charge in [0, 0.05) is 15.6 Å². The summed E-state index contributed by atoms with van der Waals surface area (Å²) in [5.41, 5.74) is 0.982. The molecule has 0 atom stereocenters. The molecule has 3 rings (SSSR count). The van der Waals surface area contributed by atoms with Crippen molar-refractivity contribution in [3.8, 4) is 17.6 Å². The van der Waals surface area contributed by atoms with E-state index in [-0.39, 0.29) is 0 Å². The lowest BCUT2D eigenvalue weighted by Crippen LogP contribution is -1.81. The van der Waals surface area contributed by atoms with Gasteiger partial charge in [-0.3, -0.25) is 0 Å². The Labute approximate surface area is 130 Å². The SMILES string of the molecule is COc1ccc(C#Cc2sc3ccccc3c2Br)cc1. The van der Waals surface area contributed by atoms with Crippen molar-refractivity contribution < 1.29 is 4.74 Å². The van der Waals surface area contributed by atoms with E-state index in [9.17, 15) is 0 Å². The van der Waals surface area contributed by atoms with Gasteiger partial charge in [-0.25, -0.2) is 0 Å². The van der Waals surface area contributed by atoms with E-state index in [1.807, 2.05) is 36.4 Å². The zero-order valence-electron chi connectivity index (χ0n) is 10.8. The van der Waals surface area contributed by atoms with Crippen LogP contribution in [0.2, 0.25) is 0 Å². The molecule has 3 aromatic rings. The van der Waals surface area contributed by atoms with E-state index in [4.69, 9.17) is 4.74 Å². The fraction of sp³-hybridized carbons (Fsp3) is 0.0588. The molecule has 1 aromatic heterocycles. The molecule has 20 heavy (non-hydrogen) atoms. The first kappa shape index (κ1) is 13.2. The van der Waals surface area contributed by atoms with Crippen LogP contribution in [0.4, 0.5) is 0 Å². The van der Waals surface area contributed by atoms with Crippen LogP contribution in [-0.4, -0.2) is 7.11 Å². The summed E-state index contributed by atoms with van der Waals surface area (Å²) < 4.78 is 7.47. The normalized spacial score (nSPS) is 10.1. The van der Waals surface area contributed by atoms with Gasteiger partial charge in [0.1, 0.15) is 5.75 Å². The van der Waals surface area contributed by atoms with Crippen molar-refractivity contribution in [3.05, 3.63) is 63.4 Å². The second-order valence-electron chi connectivity index (χ2n) is 4.22. The minimum absolute atomic E-state index is 0.846. The smallest absolute Gasteiger partial charge is 0.118 e. The minimum atomic E-state index is 0.846. The summed E-state index contributed by atoms with van der Waals surface area (Å²) in [4.78, 5) is 1.06. The van der Waals surface area contributed by atoms with Crippen molar-refractivity contribution in [1.82, 2.24) is 0 Å². The third-order valence-corrected chi connectivity index (χ3v) is 5.12. The lowest BCUT2D eigenvalue weighted by Gasteiger charge is -1.97. The van der Waals surface area contributed by atoms with Gasteiger partial charge in [0.15, 0.2) is 0 Å². The Morgan fingerprint density at radius 1 is 1.00 bits per heavy atom. The summed E-state index contributed by atoms with van der Waals surface area (Å²) in [5.74, 6) is 7.27. The van der Waals surface area contributed by atoms with Crippen LogP contribution >= 0.6 is 27.3 Å². The molecule has 0 unspecified atom stereocenters. The number of fused-ring (bicyclic) bond motifs is 1. The fourth-order valence-corrected chi connectivity index (χ4v) is 3.66. The molecule has 2 aromatic carbocycles. The summed E-state index contributed by atoms with van der Waals surface area (Å²) in [6.45, 7) is 0. The molecule has 0 spiro atoms. The molecule has 0 fully saturated rings. The monoisotopic (exact) mass is 342 g/mol. The van der Waals surface area contributed by atoms with Gasteiger partial charge >= 0.3 is 0 Å². The molecule has 1 heterocycles. The van der Waals surface area contributed by atoms with Crippen LogP contribution in [0.3, 0.4) is 0 Å². The maximum absolute atomic E-state index is 5.14. The number of hydrogen-bond donors (Lipinski definition) is 0. The first-order valence-electron chi connectivity index (χ1n) is 6.11. The Morgan fingerprint density at radius 3 is 2.45 bits per heavy atom. The van der Waals surface area contributed by atoms with E-state index in [2.05, 4.69) is 39.9 Å². The highest BCUT2D eigenvalue weighted by Crippen LogP contribution is 2.34. The molecular formula is C17H11BrOS. The number of hydrogen-bond acceptors (Lipinski definition) is 2. The Bertz CT molecular complexity index is 806. The summed E-state index contributed by atoms with van der Waals surface area (Å²) in [7, 11) is 1.66. The fourth-order valence-electron chi connectivity index (χ4n) is 1.90. The topological polar surface area (TPSA) is 9.23 Å².